The summed E-state index contributed by atoms with van der Waals surface area (Å²) in [6.45, 7) is 7.68. The molecule has 1 aliphatic heterocycles. The van der Waals surface area contributed by atoms with Crippen molar-refractivity contribution in [2.24, 2.45) is 11.8 Å². The average molecular weight is 199 g/mol. The van der Waals surface area contributed by atoms with E-state index < -0.39 is 0 Å². The van der Waals surface area contributed by atoms with Crippen LogP contribution in [0.3, 0.4) is 0 Å². The SMILES string of the molecule is CC(O)CCN1CC(C(C)C)CC1=O. The lowest BCUT2D eigenvalue weighted by molar-refractivity contribution is -0.127. The van der Waals surface area contributed by atoms with Gasteiger partial charge in [0.05, 0.1) is 6.10 Å². The van der Waals surface area contributed by atoms with Gasteiger partial charge in [-0.25, -0.2) is 0 Å². The first kappa shape index (κ1) is 11.5. The summed E-state index contributed by atoms with van der Waals surface area (Å²) in [5.74, 6) is 1.34. The smallest absolute Gasteiger partial charge is 0.222 e. The van der Waals surface area contributed by atoms with Gasteiger partial charge in [0.1, 0.15) is 0 Å². The third kappa shape index (κ3) is 2.98. The van der Waals surface area contributed by atoms with Crippen LogP contribution in [-0.2, 0) is 4.79 Å². The van der Waals surface area contributed by atoms with Crippen LogP contribution in [0.5, 0.6) is 0 Å². The lowest BCUT2D eigenvalue weighted by atomic mass is 9.95. The van der Waals surface area contributed by atoms with Gasteiger partial charge in [-0.1, -0.05) is 13.8 Å². The Balaban J connectivity index is 2.37. The maximum atomic E-state index is 11.5. The second-order valence-electron chi connectivity index (χ2n) is 4.69. The summed E-state index contributed by atoms with van der Waals surface area (Å²) in [7, 11) is 0. The van der Waals surface area contributed by atoms with Crippen molar-refractivity contribution in [1.82, 2.24) is 4.90 Å². The molecule has 0 aromatic rings. The van der Waals surface area contributed by atoms with Gasteiger partial charge in [0, 0.05) is 19.5 Å². The molecule has 0 aromatic carbocycles. The van der Waals surface area contributed by atoms with Crippen LogP contribution in [0, 0.1) is 11.8 Å². The molecule has 0 bridgehead atoms. The highest BCUT2D eigenvalue weighted by atomic mass is 16.3. The molecule has 0 aliphatic carbocycles. The van der Waals surface area contributed by atoms with Crippen molar-refractivity contribution in [3.63, 3.8) is 0 Å². The number of amides is 1. The van der Waals surface area contributed by atoms with Crippen molar-refractivity contribution in [3.05, 3.63) is 0 Å². The van der Waals surface area contributed by atoms with Gasteiger partial charge < -0.3 is 10.0 Å². The van der Waals surface area contributed by atoms with Crippen LogP contribution in [0.1, 0.15) is 33.6 Å². The third-order valence-corrected chi connectivity index (χ3v) is 3.00. The molecule has 1 fully saturated rings. The second-order valence-corrected chi connectivity index (χ2v) is 4.69. The minimum Gasteiger partial charge on any atom is -0.393 e. The molecule has 0 saturated carbocycles. The molecular weight excluding hydrogens is 178 g/mol. The van der Waals surface area contributed by atoms with Gasteiger partial charge in [-0.2, -0.15) is 0 Å². The molecule has 2 atom stereocenters. The first-order chi connectivity index (χ1) is 6.50. The van der Waals surface area contributed by atoms with Gasteiger partial charge in [0.25, 0.3) is 0 Å². The molecule has 0 aromatic heterocycles. The fourth-order valence-electron chi connectivity index (χ4n) is 1.81. The zero-order chi connectivity index (χ0) is 10.7. The molecule has 1 aliphatic rings. The topological polar surface area (TPSA) is 40.5 Å². The predicted octanol–water partition coefficient (Wildman–Crippen LogP) is 1.26. The van der Waals surface area contributed by atoms with Crippen molar-refractivity contribution in [2.45, 2.75) is 39.7 Å². The number of nitrogens with zero attached hydrogens (tertiary/aromatic N) is 1. The Morgan fingerprint density at radius 3 is 2.57 bits per heavy atom. The molecule has 0 spiro atoms. The van der Waals surface area contributed by atoms with Crippen molar-refractivity contribution < 1.29 is 9.90 Å². The summed E-state index contributed by atoms with van der Waals surface area (Å²) in [6, 6.07) is 0. The largest absolute Gasteiger partial charge is 0.393 e. The molecule has 1 amide bonds. The number of aliphatic hydroxyl groups excluding tert-OH is 1. The van der Waals surface area contributed by atoms with E-state index >= 15 is 0 Å². The van der Waals surface area contributed by atoms with E-state index in [0.29, 0.717) is 31.2 Å². The van der Waals surface area contributed by atoms with E-state index in [2.05, 4.69) is 13.8 Å². The van der Waals surface area contributed by atoms with Crippen LogP contribution in [0.15, 0.2) is 0 Å². The minimum atomic E-state index is -0.305. The van der Waals surface area contributed by atoms with Gasteiger partial charge in [-0.3, -0.25) is 4.79 Å². The van der Waals surface area contributed by atoms with Crippen LogP contribution in [0.25, 0.3) is 0 Å². The standard InChI is InChI=1S/C11H21NO2/c1-8(2)10-6-11(14)12(7-10)5-4-9(3)13/h8-10,13H,4-7H2,1-3H3. The van der Waals surface area contributed by atoms with Gasteiger partial charge in [-0.05, 0) is 25.2 Å². The molecule has 0 radical (unpaired) electrons. The number of hydrogen-bond donors (Lipinski definition) is 1. The van der Waals surface area contributed by atoms with E-state index in [1.54, 1.807) is 6.92 Å². The number of likely N-dealkylation sites (tertiary alicyclic amines) is 1. The van der Waals surface area contributed by atoms with Crippen LogP contribution in [0.4, 0.5) is 0 Å². The Kier molecular flexibility index (Phi) is 3.93. The molecule has 1 N–H and O–H groups in total. The average Bonchev–Trinajstić information content (AvgIpc) is 2.43. The fraction of sp³-hybridized carbons (Fsp3) is 0.909. The van der Waals surface area contributed by atoms with Gasteiger partial charge in [-0.15, -0.1) is 0 Å². The number of hydrogen-bond acceptors (Lipinski definition) is 2. The summed E-state index contributed by atoms with van der Waals surface area (Å²) in [4.78, 5) is 13.4. The van der Waals surface area contributed by atoms with E-state index in [9.17, 15) is 4.79 Å². The molecule has 2 unspecified atom stereocenters. The molecular formula is C11H21NO2. The van der Waals surface area contributed by atoms with E-state index in [-0.39, 0.29) is 12.0 Å². The van der Waals surface area contributed by atoms with Crippen LogP contribution in [0.2, 0.25) is 0 Å². The monoisotopic (exact) mass is 199 g/mol. The van der Waals surface area contributed by atoms with Gasteiger partial charge in [0.15, 0.2) is 0 Å². The van der Waals surface area contributed by atoms with Gasteiger partial charge >= 0.3 is 0 Å². The highest BCUT2D eigenvalue weighted by Crippen LogP contribution is 2.24. The Labute approximate surface area is 86.1 Å². The van der Waals surface area contributed by atoms with E-state index in [1.165, 1.54) is 0 Å². The second kappa shape index (κ2) is 4.78. The minimum absolute atomic E-state index is 0.254. The first-order valence-electron chi connectivity index (χ1n) is 5.46. The first-order valence-corrected chi connectivity index (χ1v) is 5.46. The van der Waals surface area contributed by atoms with Crippen molar-refractivity contribution in [3.8, 4) is 0 Å². The zero-order valence-corrected chi connectivity index (χ0v) is 9.36. The van der Waals surface area contributed by atoms with E-state index in [0.717, 1.165) is 6.54 Å². The van der Waals surface area contributed by atoms with Crippen molar-refractivity contribution in [2.75, 3.05) is 13.1 Å². The lowest BCUT2D eigenvalue weighted by Gasteiger charge is -2.18. The summed E-state index contributed by atoms with van der Waals surface area (Å²) in [5, 5.41) is 9.14. The highest BCUT2D eigenvalue weighted by Gasteiger charge is 2.30. The molecule has 14 heavy (non-hydrogen) atoms. The Morgan fingerprint density at radius 2 is 2.14 bits per heavy atom. The Hall–Kier alpha value is -0.570. The summed E-state index contributed by atoms with van der Waals surface area (Å²) < 4.78 is 0. The number of carbonyl (C=O) groups is 1. The lowest BCUT2D eigenvalue weighted by Crippen LogP contribution is -2.28. The van der Waals surface area contributed by atoms with Crippen LogP contribution < -0.4 is 0 Å². The van der Waals surface area contributed by atoms with E-state index in [4.69, 9.17) is 5.11 Å². The summed E-state index contributed by atoms with van der Waals surface area (Å²) in [5.41, 5.74) is 0. The molecule has 1 saturated heterocycles. The molecule has 3 nitrogen and oxygen atoms in total. The van der Waals surface area contributed by atoms with Crippen LogP contribution >= 0.6 is 0 Å². The number of carbonyl (C=O) groups excluding carboxylic acids is 1. The summed E-state index contributed by atoms with van der Waals surface area (Å²) >= 11 is 0. The normalized spacial score (nSPS) is 24.8. The Bertz CT molecular complexity index is 201. The molecule has 3 heteroatoms. The molecule has 1 heterocycles. The molecule has 1 rings (SSSR count). The molecule has 82 valence electrons. The van der Waals surface area contributed by atoms with Crippen molar-refractivity contribution in [1.29, 1.82) is 0 Å². The third-order valence-electron chi connectivity index (χ3n) is 3.00. The number of rotatable bonds is 4. The Morgan fingerprint density at radius 1 is 1.50 bits per heavy atom. The quantitative estimate of drug-likeness (QED) is 0.740. The van der Waals surface area contributed by atoms with Crippen molar-refractivity contribution >= 4 is 5.91 Å². The summed E-state index contributed by atoms with van der Waals surface area (Å²) in [6.07, 6.45) is 1.08. The maximum Gasteiger partial charge on any atom is 0.222 e. The van der Waals surface area contributed by atoms with Crippen LogP contribution in [-0.4, -0.2) is 35.1 Å². The zero-order valence-electron chi connectivity index (χ0n) is 9.36. The van der Waals surface area contributed by atoms with Gasteiger partial charge in [0.2, 0.25) is 5.91 Å². The maximum absolute atomic E-state index is 11.5. The fourth-order valence-corrected chi connectivity index (χ4v) is 1.81. The van der Waals surface area contributed by atoms with E-state index in [1.807, 2.05) is 4.90 Å². The highest BCUT2D eigenvalue weighted by molar-refractivity contribution is 5.78. The number of aliphatic hydroxyl groups is 1. The predicted molar refractivity (Wildman–Crippen MR) is 55.8 cm³/mol.